The molecule has 9 heteroatoms. The summed E-state index contributed by atoms with van der Waals surface area (Å²) in [5.74, 6) is 0.178. The quantitative estimate of drug-likeness (QED) is 0.732. The van der Waals surface area contributed by atoms with E-state index in [1.54, 1.807) is 24.3 Å². The van der Waals surface area contributed by atoms with Gasteiger partial charge in [-0.3, -0.25) is 4.79 Å². The van der Waals surface area contributed by atoms with E-state index in [1.807, 2.05) is 13.8 Å². The molecule has 0 bridgehead atoms. The van der Waals surface area contributed by atoms with Crippen molar-refractivity contribution in [1.29, 1.82) is 0 Å². The van der Waals surface area contributed by atoms with Gasteiger partial charge in [0.2, 0.25) is 10.0 Å². The largest absolute Gasteiger partial charge is 0.490 e. The van der Waals surface area contributed by atoms with Gasteiger partial charge in [0, 0.05) is 9.35 Å². The fraction of sp³-hybridized carbons (Fsp3) is 0.267. The summed E-state index contributed by atoms with van der Waals surface area (Å²) in [6, 6.07) is 8.21. The summed E-state index contributed by atoms with van der Waals surface area (Å²) in [5.41, 5.74) is 0.412. The molecule has 0 aliphatic rings. The summed E-state index contributed by atoms with van der Waals surface area (Å²) in [6.07, 6.45) is -0.0690. The first-order chi connectivity index (χ1) is 11.2. The zero-order valence-corrected chi connectivity index (χ0v) is 16.3. The standard InChI is InChI=1S/C15H17BrN2O4S2/c1-9(2)22-13-7-10(16)3-5-12(13)15(19)18-8-11-4-6-14(23-11)24(17,20)21/h3-7,9H,8H2,1-2H3,(H,18,19)(H2,17,20,21). The molecule has 1 aromatic heterocycles. The molecule has 0 saturated carbocycles. The first-order valence-corrected chi connectivity index (χ1v) is 10.2. The highest BCUT2D eigenvalue weighted by molar-refractivity contribution is 9.10. The van der Waals surface area contributed by atoms with Crippen LogP contribution in [0.1, 0.15) is 29.1 Å². The summed E-state index contributed by atoms with van der Waals surface area (Å²) in [6.45, 7) is 3.96. The van der Waals surface area contributed by atoms with Gasteiger partial charge in [-0.25, -0.2) is 13.6 Å². The third-order valence-corrected chi connectivity index (χ3v) is 5.91. The summed E-state index contributed by atoms with van der Waals surface area (Å²) in [4.78, 5) is 13.1. The number of benzene rings is 1. The Morgan fingerprint density at radius 1 is 1.33 bits per heavy atom. The van der Waals surface area contributed by atoms with Gasteiger partial charge in [-0.15, -0.1) is 11.3 Å². The van der Waals surface area contributed by atoms with Crippen LogP contribution in [0.5, 0.6) is 5.75 Å². The SMILES string of the molecule is CC(C)Oc1cc(Br)ccc1C(=O)NCc1ccc(S(N)(=O)=O)s1. The molecule has 2 aromatic rings. The van der Waals surface area contributed by atoms with E-state index >= 15 is 0 Å². The van der Waals surface area contributed by atoms with Crippen molar-refractivity contribution in [3.63, 3.8) is 0 Å². The number of ether oxygens (including phenoxy) is 1. The van der Waals surface area contributed by atoms with E-state index < -0.39 is 10.0 Å². The van der Waals surface area contributed by atoms with Gasteiger partial charge in [0.05, 0.1) is 18.2 Å². The summed E-state index contributed by atoms with van der Waals surface area (Å²) in [5, 5.41) is 7.83. The van der Waals surface area contributed by atoms with Gasteiger partial charge in [-0.05, 0) is 44.2 Å². The third kappa shape index (κ3) is 5.04. The molecule has 0 fully saturated rings. The number of carbonyl (C=O) groups is 1. The average molecular weight is 433 g/mol. The number of thiophene rings is 1. The van der Waals surface area contributed by atoms with Gasteiger partial charge < -0.3 is 10.1 Å². The number of primary sulfonamides is 1. The van der Waals surface area contributed by atoms with Gasteiger partial charge in [0.25, 0.3) is 5.91 Å². The van der Waals surface area contributed by atoms with Crippen LogP contribution in [-0.4, -0.2) is 20.4 Å². The number of hydrogen-bond acceptors (Lipinski definition) is 5. The molecule has 24 heavy (non-hydrogen) atoms. The summed E-state index contributed by atoms with van der Waals surface area (Å²) < 4.78 is 29.1. The maximum atomic E-state index is 12.4. The lowest BCUT2D eigenvalue weighted by molar-refractivity contribution is 0.0945. The van der Waals surface area contributed by atoms with Crippen LogP contribution >= 0.6 is 27.3 Å². The van der Waals surface area contributed by atoms with Crippen LogP contribution in [0.3, 0.4) is 0 Å². The molecule has 0 spiro atoms. The number of hydrogen-bond donors (Lipinski definition) is 2. The van der Waals surface area contributed by atoms with Crippen molar-refractivity contribution in [2.75, 3.05) is 0 Å². The monoisotopic (exact) mass is 432 g/mol. The molecule has 0 radical (unpaired) electrons. The van der Waals surface area contributed by atoms with Crippen molar-refractivity contribution in [2.45, 2.75) is 30.7 Å². The molecule has 0 aliphatic heterocycles. The van der Waals surface area contributed by atoms with Crippen molar-refractivity contribution in [1.82, 2.24) is 5.32 Å². The Bertz CT molecular complexity index is 847. The Morgan fingerprint density at radius 2 is 2.04 bits per heavy atom. The normalized spacial score (nSPS) is 11.5. The molecule has 6 nitrogen and oxygen atoms in total. The number of amides is 1. The molecule has 0 unspecified atom stereocenters. The number of rotatable bonds is 6. The van der Waals surface area contributed by atoms with E-state index in [4.69, 9.17) is 9.88 Å². The predicted molar refractivity (Wildman–Crippen MR) is 96.8 cm³/mol. The van der Waals surface area contributed by atoms with Crippen LogP contribution in [0.4, 0.5) is 0 Å². The Kier molecular flexibility index (Phi) is 6.02. The molecular weight excluding hydrogens is 416 g/mol. The van der Waals surface area contributed by atoms with Crippen molar-refractivity contribution in [3.05, 3.63) is 45.2 Å². The lowest BCUT2D eigenvalue weighted by Gasteiger charge is -2.14. The van der Waals surface area contributed by atoms with E-state index in [9.17, 15) is 13.2 Å². The van der Waals surface area contributed by atoms with Crippen LogP contribution in [0, 0.1) is 0 Å². The van der Waals surface area contributed by atoms with Gasteiger partial charge in [0.1, 0.15) is 9.96 Å². The van der Waals surface area contributed by atoms with Crippen molar-refractivity contribution >= 4 is 43.2 Å². The Hall–Kier alpha value is -1.42. The lowest BCUT2D eigenvalue weighted by atomic mass is 10.2. The lowest BCUT2D eigenvalue weighted by Crippen LogP contribution is -2.23. The van der Waals surface area contributed by atoms with Crippen LogP contribution in [0.2, 0.25) is 0 Å². The molecule has 0 aliphatic carbocycles. The Morgan fingerprint density at radius 3 is 2.62 bits per heavy atom. The number of nitrogens with two attached hydrogens (primary N) is 1. The van der Waals surface area contributed by atoms with E-state index in [2.05, 4.69) is 21.2 Å². The minimum Gasteiger partial charge on any atom is -0.490 e. The molecule has 0 saturated heterocycles. The van der Waals surface area contributed by atoms with Crippen molar-refractivity contribution in [2.24, 2.45) is 5.14 Å². The predicted octanol–water partition coefficient (Wildman–Crippen LogP) is 2.88. The second-order valence-corrected chi connectivity index (χ2v) is 9.13. The summed E-state index contributed by atoms with van der Waals surface area (Å²) >= 11 is 4.38. The molecule has 130 valence electrons. The number of sulfonamides is 1. The highest BCUT2D eigenvalue weighted by atomic mass is 79.9. The van der Waals surface area contributed by atoms with Crippen molar-refractivity contribution < 1.29 is 17.9 Å². The molecule has 3 N–H and O–H groups in total. The minimum absolute atomic E-state index is 0.0687. The smallest absolute Gasteiger partial charge is 0.255 e. The van der Waals surface area contributed by atoms with E-state index in [0.29, 0.717) is 16.2 Å². The molecule has 1 aromatic carbocycles. The topological polar surface area (TPSA) is 98.5 Å². The second-order valence-electron chi connectivity index (χ2n) is 5.26. The van der Waals surface area contributed by atoms with Gasteiger partial charge in [-0.1, -0.05) is 15.9 Å². The van der Waals surface area contributed by atoms with E-state index in [1.165, 1.54) is 6.07 Å². The third-order valence-electron chi connectivity index (χ3n) is 2.89. The highest BCUT2D eigenvalue weighted by Gasteiger charge is 2.15. The van der Waals surface area contributed by atoms with Crippen molar-refractivity contribution in [3.8, 4) is 5.75 Å². The zero-order valence-electron chi connectivity index (χ0n) is 13.1. The van der Waals surface area contributed by atoms with E-state index in [0.717, 1.165) is 15.8 Å². The highest BCUT2D eigenvalue weighted by Crippen LogP contribution is 2.25. The van der Waals surface area contributed by atoms with Crippen LogP contribution in [0.25, 0.3) is 0 Å². The molecule has 1 heterocycles. The van der Waals surface area contributed by atoms with Gasteiger partial charge in [0.15, 0.2) is 0 Å². The first-order valence-electron chi connectivity index (χ1n) is 7.02. The van der Waals surface area contributed by atoms with Crippen LogP contribution in [0.15, 0.2) is 39.0 Å². The fourth-order valence-corrected chi connectivity index (χ4v) is 3.96. The molecule has 2 rings (SSSR count). The maximum Gasteiger partial charge on any atom is 0.255 e. The minimum atomic E-state index is -3.72. The number of halogens is 1. The van der Waals surface area contributed by atoms with Crippen LogP contribution < -0.4 is 15.2 Å². The second kappa shape index (κ2) is 7.64. The maximum absolute atomic E-state index is 12.4. The number of nitrogens with one attached hydrogen (secondary N) is 1. The molecular formula is C15H17BrN2O4S2. The molecule has 0 atom stereocenters. The summed E-state index contributed by atoms with van der Waals surface area (Å²) in [7, 11) is -3.72. The van der Waals surface area contributed by atoms with Gasteiger partial charge >= 0.3 is 0 Å². The Balaban J connectivity index is 2.11. The molecule has 1 amide bonds. The van der Waals surface area contributed by atoms with E-state index in [-0.39, 0.29) is 22.8 Å². The first kappa shape index (κ1) is 18.9. The van der Waals surface area contributed by atoms with Crippen LogP contribution in [-0.2, 0) is 16.6 Å². The zero-order chi connectivity index (χ0) is 17.9. The van der Waals surface area contributed by atoms with Gasteiger partial charge in [-0.2, -0.15) is 0 Å². The average Bonchev–Trinajstić information content (AvgIpc) is 2.93. The fourth-order valence-electron chi connectivity index (χ4n) is 1.90. The number of carbonyl (C=O) groups excluding carboxylic acids is 1. The Labute approximate surface area is 153 Å².